The van der Waals surface area contributed by atoms with Crippen molar-refractivity contribution in [2.45, 2.75) is 296 Å². The van der Waals surface area contributed by atoms with E-state index < -0.39 is 8.25 Å². The maximum Gasteiger partial charge on any atom is 2.00 e. The predicted molar refractivity (Wildman–Crippen MR) is 263 cm³/mol. The SMILES string of the molecule is CCCCCCCC/C=C\CCCCCCCCCCCCCCCC/C=C\CCCCCCCCO[PH](=O)OCCCCCCCC/C=C\CCCCCCCC.[Co+2]. The van der Waals surface area contributed by atoms with Gasteiger partial charge in [-0.05, 0) is 89.9 Å². The van der Waals surface area contributed by atoms with Gasteiger partial charge < -0.3 is 9.05 Å². The number of allylic oxidation sites excluding steroid dienone is 6. The van der Waals surface area contributed by atoms with Crippen molar-refractivity contribution in [2.24, 2.45) is 0 Å². The Hall–Kier alpha value is -0.124. The molecule has 1 radical (unpaired) electrons. The first-order chi connectivity index (χ1) is 28.8. The maximum atomic E-state index is 12.0. The zero-order chi connectivity index (χ0) is 41.8. The van der Waals surface area contributed by atoms with Gasteiger partial charge in [0.25, 0.3) is 0 Å². The molecule has 0 aliphatic rings. The summed E-state index contributed by atoms with van der Waals surface area (Å²) in [5.74, 6) is 0. The Kier molecular flexibility index (Phi) is 59.8. The monoisotopic (exact) mass is 892 g/mol. The van der Waals surface area contributed by atoms with Crippen LogP contribution in [0.3, 0.4) is 0 Å². The maximum absolute atomic E-state index is 12.0. The van der Waals surface area contributed by atoms with Crippen molar-refractivity contribution >= 4 is 8.25 Å². The second-order valence-corrected chi connectivity index (χ2v) is 18.9. The number of hydrogen-bond donors (Lipinski definition) is 0. The number of hydrogen-bond acceptors (Lipinski definition) is 3. The van der Waals surface area contributed by atoms with Crippen molar-refractivity contribution in [3.8, 4) is 0 Å². The van der Waals surface area contributed by atoms with E-state index in [2.05, 4.69) is 50.3 Å². The third-order valence-corrected chi connectivity index (χ3v) is 12.8. The van der Waals surface area contributed by atoms with Crippen LogP contribution in [0.4, 0.5) is 0 Å². The third-order valence-electron chi connectivity index (χ3n) is 11.9. The predicted octanol–water partition coefficient (Wildman–Crippen LogP) is 20.3. The minimum Gasteiger partial charge on any atom is -0.311 e. The standard InChI is InChI=1S/C54H105O3P.Co/c1-3-5-7-9-11-13-15-17-19-21-22-23-24-25-26-27-28-29-30-31-32-33-34-35-36-37-38-40-42-44-46-48-50-52-54-57-58(55)56-53-51-49-47-45-43-41-39-20-18-16-14-12-10-8-6-4-2;/h17-20,37-38,58H,3-16,21-36,39-54H2,1-2H3;/q;+2/b19-17-,20-18-,38-37-;. The van der Waals surface area contributed by atoms with Crippen LogP contribution < -0.4 is 0 Å². The van der Waals surface area contributed by atoms with Gasteiger partial charge in [-0.3, -0.25) is 4.57 Å². The molecule has 0 fully saturated rings. The van der Waals surface area contributed by atoms with E-state index in [0.717, 1.165) is 25.7 Å². The van der Waals surface area contributed by atoms with Gasteiger partial charge in [0.15, 0.2) is 0 Å². The molecule has 1 atom stereocenters. The van der Waals surface area contributed by atoms with Gasteiger partial charge in [0.1, 0.15) is 0 Å². The molecular formula is C54H105CoO3P+2. The Bertz CT molecular complexity index is 859. The van der Waals surface area contributed by atoms with Crippen LogP contribution in [-0.4, -0.2) is 13.2 Å². The molecule has 5 heteroatoms. The summed E-state index contributed by atoms with van der Waals surface area (Å²) in [6.45, 7) is 5.73. The molecule has 0 aliphatic heterocycles. The van der Waals surface area contributed by atoms with Gasteiger partial charge in [-0.1, -0.05) is 243 Å². The fourth-order valence-electron chi connectivity index (χ4n) is 7.93. The van der Waals surface area contributed by atoms with Crippen LogP contribution >= 0.6 is 8.25 Å². The topological polar surface area (TPSA) is 35.5 Å². The molecule has 3 nitrogen and oxygen atoms in total. The first-order valence-electron chi connectivity index (χ1n) is 26.6. The van der Waals surface area contributed by atoms with Gasteiger partial charge in [0, 0.05) is 0 Å². The average molecular weight is 892 g/mol. The second-order valence-electron chi connectivity index (χ2n) is 17.8. The molecule has 0 aromatic rings. The van der Waals surface area contributed by atoms with Crippen LogP contribution in [0.25, 0.3) is 0 Å². The molecule has 0 aromatic heterocycles. The third kappa shape index (κ3) is 57.9. The zero-order valence-electron chi connectivity index (χ0n) is 40.0. The average Bonchev–Trinajstić information content (AvgIpc) is 3.23. The van der Waals surface area contributed by atoms with Crippen molar-refractivity contribution in [3.05, 3.63) is 36.5 Å². The number of unbranched alkanes of at least 4 members (excludes halogenated alkanes) is 39. The summed E-state index contributed by atoms with van der Waals surface area (Å²) in [7, 11) is -2.31. The molecule has 0 heterocycles. The second kappa shape index (κ2) is 57.9. The first kappa shape index (κ1) is 61.0. The zero-order valence-corrected chi connectivity index (χ0v) is 42.1. The summed E-state index contributed by atoms with van der Waals surface area (Å²) < 4.78 is 22.9. The van der Waals surface area contributed by atoms with Gasteiger partial charge >= 0.3 is 25.0 Å². The van der Waals surface area contributed by atoms with E-state index in [1.54, 1.807) is 0 Å². The van der Waals surface area contributed by atoms with Crippen LogP contribution in [-0.2, 0) is 30.4 Å². The van der Waals surface area contributed by atoms with E-state index in [4.69, 9.17) is 9.05 Å². The molecule has 0 rings (SSSR count). The van der Waals surface area contributed by atoms with Crippen molar-refractivity contribution in [3.63, 3.8) is 0 Å². The van der Waals surface area contributed by atoms with E-state index in [-0.39, 0.29) is 16.8 Å². The van der Waals surface area contributed by atoms with Crippen molar-refractivity contribution < 1.29 is 30.4 Å². The van der Waals surface area contributed by atoms with Crippen LogP contribution in [0, 0.1) is 0 Å². The van der Waals surface area contributed by atoms with Gasteiger partial charge in [-0.25, -0.2) is 0 Å². The van der Waals surface area contributed by atoms with E-state index >= 15 is 0 Å². The van der Waals surface area contributed by atoms with Crippen LogP contribution in [0.2, 0.25) is 0 Å². The largest absolute Gasteiger partial charge is 2.00 e. The minimum absolute atomic E-state index is 0. The Balaban J connectivity index is 0. The van der Waals surface area contributed by atoms with Gasteiger partial charge in [0.2, 0.25) is 0 Å². The van der Waals surface area contributed by atoms with Gasteiger partial charge in [-0.2, -0.15) is 0 Å². The van der Waals surface area contributed by atoms with Crippen LogP contribution in [0.1, 0.15) is 296 Å². The van der Waals surface area contributed by atoms with E-state index in [0.29, 0.717) is 13.2 Å². The molecule has 0 aliphatic carbocycles. The quantitative estimate of drug-likeness (QED) is 0.0347. The molecule has 59 heavy (non-hydrogen) atoms. The Labute approximate surface area is 382 Å². The summed E-state index contributed by atoms with van der Waals surface area (Å²) in [5, 5.41) is 0. The van der Waals surface area contributed by atoms with E-state index in [1.165, 1.54) is 257 Å². The normalized spacial score (nSPS) is 12.4. The molecule has 0 saturated carbocycles. The van der Waals surface area contributed by atoms with Crippen molar-refractivity contribution in [1.82, 2.24) is 0 Å². The van der Waals surface area contributed by atoms with Crippen LogP contribution in [0.5, 0.6) is 0 Å². The molecule has 0 N–H and O–H groups in total. The summed E-state index contributed by atoms with van der Waals surface area (Å²) >= 11 is 0. The summed E-state index contributed by atoms with van der Waals surface area (Å²) in [5.41, 5.74) is 0. The van der Waals surface area contributed by atoms with E-state index in [1.807, 2.05) is 0 Å². The summed E-state index contributed by atoms with van der Waals surface area (Å²) in [6.07, 6.45) is 73.6. The molecule has 0 amide bonds. The molecule has 0 bridgehead atoms. The fraction of sp³-hybridized carbons (Fsp3) is 0.889. The molecule has 351 valence electrons. The first-order valence-corrected chi connectivity index (χ1v) is 27.8. The Morgan fingerprint density at radius 3 is 0.644 bits per heavy atom. The Morgan fingerprint density at radius 1 is 0.271 bits per heavy atom. The molecule has 0 spiro atoms. The van der Waals surface area contributed by atoms with Crippen molar-refractivity contribution in [2.75, 3.05) is 13.2 Å². The van der Waals surface area contributed by atoms with Gasteiger partial charge in [0.05, 0.1) is 13.2 Å². The fourth-order valence-corrected chi connectivity index (χ4v) is 8.64. The van der Waals surface area contributed by atoms with Crippen LogP contribution in [0.15, 0.2) is 36.5 Å². The molecular weight excluding hydrogens is 786 g/mol. The smallest absolute Gasteiger partial charge is 0.311 e. The molecule has 0 aromatic carbocycles. The van der Waals surface area contributed by atoms with Gasteiger partial charge in [-0.15, -0.1) is 0 Å². The number of rotatable bonds is 51. The Morgan fingerprint density at radius 2 is 0.441 bits per heavy atom. The summed E-state index contributed by atoms with van der Waals surface area (Å²) in [6, 6.07) is 0. The minimum atomic E-state index is -2.31. The molecule has 0 saturated heterocycles. The van der Waals surface area contributed by atoms with E-state index in [9.17, 15) is 4.57 Å². The van der Waals surface area contributed by atoms with Crippen molar-refractivity contribution in [1.29, 1.82) is 0 Å². The molecule has 1 unspecified atom stereocenters. The summed E-state index contributed by atoms with van der Waals surface area (Å²) in [4.78, 5) is 0.